The average Bonchev–Trinajstić information content (AvgIpc) is 3.22. The molecule has 2 N–H and O–H groups in total. The lowest BCUT2D eigenvalue weighted by atomic mass is 10.1. The van der Waals surface area contributed by atoms with Crippen molar-refractivity contribution in [3.05, 3.63) is 53.9 Å². The number of rotatable bonds is 5. The molecule has 186 valence electrons. The Kier molecular flexibility index (Phi) is 6.27. The standard InChI is InChI=1S/C24H25F2N9O/c1-13(2)35-14(3)31-22-16(25)8-15(9-19(22)35)21-17(26)10-30-24(33-21)32-20-12-28-18(11-29-20)23(36)34-6-4-27-5-7-34/h8-13,27H,4-7H2,1-3H3,(H,29,30,32,33). The summed E-state index contributed by atoms with van der Waals surface area (Å²) in [5, 5.41) is 6.06. The van der Waals surface area contributed by atoms with E-state index in [1.54, 1.807) is 17.9 Å². The molecule has 0 atom stereocenters. The van der Waals surface area contributed by atoms with Crippen LogP contribution in [0, 0.1) is 18.6 Å². The van der Waals surface area contributed by atoms with Gasteiger partial charge in [-0.2, -0.15) is 0 Å². The lowest BCUT2D eigenvalue weighted by molar-refractivity contribution is 0.0729. The lowest BCUT2D eigenvalue weighted by Gasteiger charge is -2.26. The molecule has 1 aromatic carbocycles. The van der Waals surface area contributed by atoms with Gasteiger partial charge in [0.15, 0.2) is 17.5 Å². The molecule has 0 spiro atoms. The van der Waals surface area contributed by atoms with Crippen LogP contribution in [0.2, 0.25) is 0 Å². The molecule has 0 radical (unpaired) electrons. The van der Waals surface area contributed by atoms with Crippen LogP contribution < -0.4 is 10.6 Å². The van der Waals surface area contributed by atoms with Gasteiger partial charge in [0.2, 0.25) is 5.95 Å². The molecule has 4 heterocycles. The highest BCUT2D eigenvalue weighted by atomic mass is 19.1. The smallest absolute Gasteiger partial charge is 0.274 e. The lowest BCUT2D eigenvalue weighted by Crippen LogP contribution is -2.46. The second kappa shape index (κ2) is 9.53. The fraction of sp³-hybridized carbons (Fsp3) is 0.333. The van der Waals surface area contributed by atoms with Crippen molar-refractivity contribution in [3.63, 3.8) is 0 Å². The van der Waals surface area contributed by atoms with Crippen molar-refractivity contribution in [2.24, 2.45) is 0 Å². The first-order valence-electron chi connectivity index (χ1n) is 11.6. The van der Waals surface area contributed by atoms with Crippen LogP contribution in [-0.2, 0) is 0 Å². The summed E-state index contributed by atoms with van der Waals surface area (Å²) in [6.45, 7) is 8.42. The molecule has 3 aromatic heterocycles. The summed E-state index contributed by atoms with van der Waals surface area (Å²) in [5.74, 6) is -0.457. The molecule has 0 bridgehead atoms. The molecule has 1 fully saturated rings. The average molecular weight is 494 g/mol. The minimum absolute atomic E-state index is 0.0390. The molecule has 0 saturated carbocycles. The Morgan fingerprint density at radius 2 is 1.81 bits per heavy atom. The first kappa shape index (κ1) is 23.7. The van der Waals surface area contributed by atoms with Crippen LogP contribution in [0.3, 0.4) is 0 Å². The Morgan fingerprint density at radius 3 is 2.50 bits per heavy atom. The molecular weight excluding hydrogens is 468 g/mol. The molecule has 1 aliphatic rings. The highest BCUT2D eigenvalue weighted by Crippen LogP contribution is 2.30. The van der Waals surface area contributed by atoms with Crippen molar-refractivity contribution in [3.8, 4) is 11.3 Å². The predicted molar refractivity (Wildman–Crippen MR) is 130 cm³/mol. The third kappa shape index (κ3) is 4.47. The number of piperazine rings is 1. The summed E-state index contributed by atoms with van der Waals surface area (Å²) in [6, 6.07) is 2.92. The number of nitrogens with zero attached hydrogens (tertiary/aromatic N) is 7. The summed E-state index contributed by atoms with van der Waals surface area (Å²) in [5.41, 5.74) is 1.20. The largest absolute Gasteiger partial charge is 0.335 e. The van der Waals surface area contributed by atoms with E-state index in [9.17, 15) is 13.6 Å². The maximum absolute atomic E-state index is 14.9. The van der Waals surface area contributed by atoms with Crippen LogP contribution >= 0.6 is 0 Å². The van der Waals surface area contributed by atoms with E-state index in [1.165, 1.54) is 18.5 Å². The Bertz CT molecular complexity index is 1430. The number of hydrogen-bond donors (Lipinski definition) is 2. The van der Waals surface area contributed by atoms with Gasteiger partial charge in [0.25, 0.3) is 5.91 Å². The summed E-state index contributed by atoms with van der Waals surface area (Å²) >= 11 is 0. The molecule has 12 heteroatoms. The molecule has 1 saturated heterocycles. The van der Waals surface area contributed by atoms with Gasteiger partial charge in [0.05, 0.1) is 24.1 Å². The number of carbonyl (C=O) groups excluding carboxylic acids is 1. The molecular formula is C24H25F2N9O. The summed E-state index contributed by atoms with van der Waals surface area (Å²) in [4.78, 5) is 35.2. The number of amides is 1. The van der Waals surface area contributed by atoms with E-state index in [0.29, 0.717) is 24.4 Å². The SMILES string of the molecule is Cc1nc2c(F)cc(-c3nc(Nc4cnc(C(=O)N5CCNCC5)cn4)ncc3F)cc2n1C(C)C. The first-order valence-corrected chi connectivity index (χ1v) is 11.6. The topological polar surface area (TPSA) is 114 Å². The van der Waals surface area contributed by atoms with E-state index >= 15 is 0 Å². The number of fused-ring (bicyclic) bond motifs is 1. The summed E-state index contributed by atoms with van der Waals surface area (Å²) < 4.78 is 31.5. The van der Waals surface area contributed by atoms with E-state index in [2.05, 4.69) is 35.6 Å². The zero-order valence-electron chi connectivity index (χ0n) is 20.1. The third-order valence-electron chi connectivity index (χ3n) is 5.97. The second-order valence-electron chi connectivity index (χ2n) is 8.79. The van der Waals surface area contributed by atoms with Gasteiger partial charge in [0.1, 0.15) is 22.7 Å². The van der Waals surface area contributed by atoms with Crippen molar-refractivity contribution in [2.75, 3.05) is 31.5 Å². The number of halogens is 2. The number of nitrogens with one attached hydrogen (secondary N) is 2. The van der Waals surface area contributed by atoms with Gasteiger partial charge in [-0.15, -0.1) is 0 Å². The number of aromatic nitrogens is 6. The number of carbonyl (C=O) groups is 1. The number of aryl methyl sites for hydroxylation is 1. The van der Waals surface area contributed by atoms with Crippen molar-refractivity contribution in [1.29, 1.82) is 0 Å². The van der Waals surface area contributed by atoms with Gasteiger partial charge >= 0.3 is 0 Å². The second-order valence-corrected chi connectivity index (χ2v) is 8.79. The van der Waals surface area contributed by atoms with Gasteiger partial charge < -0.3 is 20.1 Å². The van der Waals surface area contributed by atoms with Crippen molar-refractivity contribution >= 4 is 28.7 Å². The van der Waals surface area contributed by atoms with E-state index in [-0.39, 0.29) is 46.2 Å². The zero-order chi connectivity index (χ0) is 25.4. The molecule has 0 aliphatic carbocycles. The number of hydrogen-bond acceptors (Lipinski definition) is 8. The summed E-state index contributed by atoms with van der Waals surface area (Å²) in [6.07, 6.45) is 3.76. The fourth-order valence-corrected chi connectivity index (χ4v) is 4.33. The molecule has 5 rings (SSSR count). The Labute approximate surface area is 205 Å². The minimum atomic E-state index is -0.699. The van der Waals surface area contributed by atoms with E-state index < -0.39 is 11.6 Å². The molecule has 1 amide bonds. The van der Waals surface area contributed by atoms with E-state index in [1.807, 2.05) is 18.4 Å². The van der Waals surface area contributed by atoms with Crippen LogP contribution in [0.5, 0.6) is 0 Å². The number of anilines is 2. The first-order chi connectivity index (χ1) is 17.3. The fourth-order valence-electron chi connectivity index (χ4n) is 4.33. The quantitative estimate of drug-likeness (QED) is 0.436. The van der Waals surface area contributed by atoms with Crippen molar-refractivity contribution in [1.82, 2.24) is 39.7 Å². The molecule has 36 heavy (non-hydrogen) atoms. The Morgan fingerprint density at radius 1 is 1.03 bits per heavy atom. The maximum atomic E-state index is 14.9. The monoisotopic (exact) mass is 493 g/mol. The molecule has 4 aromatic rings. The maximum Gasteiger partial charge on any atom is 0.274 e. The highest BCUT2D eigenvalue weighted by Gasteiger charge is 2.20. The third-order valence-corrected chi connectivity index (χ3v) is 5.97. The van der Waals surface area contributed by atoms with E-state index in [0.717, 1.165) is 19.3 Å². The van der Waals surface area contributed by atoms with Crippen LogP contribution in [-0.4, -0.2) is 66.5 Å². The Balaban J connectivity index is 1.42. The highest BCUT2D eigenvalue weighted by molar-refractivity contribution is 5.92. The van der Waals surface area contributed by atoms with Gasteiger partial charge in [-0.25, -0.2) is 33.7 Å². The normalized spacial score (nSPS) is 14.0. The van der Waals surface area contributed by atoms with Gasteiger partial charge in [-0.3, -0.25) is 4.79 Å². The molecule has 0 unspecified atom stereocenters. The van der Waals surface area contributed by atoms with Crippen LogP contribution in [0.25, 0.3) is 22.3 Å². The number of imidazole rings is 1. The van der Waals surface area contributed by atoms with Gasteiger partial charge in [-0.1, -0.05) is 0 Å². The predicted octanol–water partition coefficient (Wildman–Crippen LogP) is 3.24. The molecule has 1 aliphatic heterocycles. The minimum Gasteiger partial charge on any atom is -0.335 e. The van der Waals surface area contributed by atoms with Crippen molar-refractivity contribution in [2.45, 2.75) is 26.8 Å². The number of benzene rings is 1. The van der Waals surface area contributed by atoms with Crippen LogP contribution in [0.1, 0.15) is 36.2 Å². The molecule has 10 nitrogen and oxygen atoms in total. The van der Waals surface area contributed by atoms with Crippen LogP contribution in [0.15, 0.2) is 30.7 Å². The summed E-state index contributed by atoms with van der Waals surface area (Å²) in [7, 11) is 0. The Hall–Kier alpha value is -4.06. The van der Waals surface area contributed by atoms with E-state index in [4.69, 9.17) is 0 Å². The zero-order valence-corrected chi connectivity index (χ0v) is 20.1. The van der Waals surface area contributed by atoms with Gasteiger partial charge in [0, 0.05) is 37.8 Å². The van der Waals surface area contributed by atoms with Crippen LogP contribution in [0.4, 0.5) is 20.5 Å². The van der Waals surface area contributed by atoms with Gasteiger partial charge in [-0.05, 0) is 32.9 Å². The van der Waals surface area contributed by atoms with Crippen molar-refractivity contribution < 1.29 is 13.6 Å².